The van der Waals surface area contributed by atoms with Crippen LogP contribution in [-0.2, 0) is 4.74 Å². The van der Waals surface area contributed by atoms with Crippen LogP contribution in [0.2, 0.25) is 0 Å². The molecular formula is C10H8F5NO2. The van der Waals surface area contributed by atoms with E-state index in [1.54, 1.807) is 0 Å². The highest BCUT2D eigenvalue weighted by Gasteiger charge is 2.42. The van der Waals surface area contributed by atoms with Crippen molar-refractivity contribution in [2.24, 2.45) is 0 Å². The molecule has 0 aliphatic heterocycles. The molecule has 0 saturated heterocycles. The minimum atomic E-state index is -4.43. The summed E-state index contributed by atoms with van der Waals surface area (Å²) in [7, 11) is 0. The van der Waals surface area contributed by atoms with Crippen LogP contribution in [0.1, 0.15) is 10.4 Å². The number of halogens is 5. The summed E-state index contributed by atoms with van der Waals surface area (Å²) in [4.78, 5) is 11.2. The van der Waals surface area contributed by atoms with E-state index < -0.39 is 30.7 Å². The van der Waals surface area contributed by atoms with Gasteiger partial charge in [0.2, 0.25) is 0 Å². The molecule has 0 amide bonds. The number of ether oxygens (including phenoxy) is 1. The number of nitrogen functional groups attached to an aromatic ring is 1. The van der Waals surface area contributed by atoms with E-state index in [0.29, 0.717) is 0 Å². The largest absolute Gasteiger partial charge is 0.455 e. The normalized spacial score (nSPS) is 11.7. The molecule has 0 heterocycles. The average molecular weight is 269 g/mol. The van der Waals surface area contributed by atoms with Crippen LogP contribution in [0.15, 0.2) is 18.2 Å². The molecule has 0 atom stereocenters. The highest BCUT2D eigenvalue weighted by Crippen LogP contribution is 2.23. The van der Waals surface area contributed by atoms with Crippen LogP contribution in [0.3, 0.4) is 0 Å². The topological polar surface area (TPSA) is 52.3 Å². The minimum Gasteiger partial charge on any atom is -0.455 e. The van der Waals surface area contributed by atoms with E-state index in [-0.39, 0.29) is 11.3 Å². The quantitative estimate of drug-likeness (QED) is 0.519. The van der Waals surface area contributed by atoms with Crippen molar-refractivity contribution >= 4 is 11.7 Å². The second-order valence-corrected chi connectivity index (χ2v) is 3.37. The first-order valence-corrected chi connectivity index (χ1v) is 4.62. The molecule has 18 heavy (non-hydrogen) atoms. The monoisotopic (exact) mass is 269 g/mol. The summed E-state index contributed by atoms with van der Waals surface area (Å²) in [5.74, 6) is -6.52. The molecule has 2 N–H and O–H groups in total. The van der Waals surface area contributed by atoms with Crippen molar-refractivity contribution in [1.29, 1.82) is 0 Å². The molecule has 0 unspecified atom stereocenters. The zero-order chi connectivity index (χ0) is 13.9. The van der Waals surface area contributed by atoms with Crippen LogP contribution in [0, 0.1) is 5.82 Å². The summed E-state index contributed by atoms with van der Waals surface area (Å²) in [5.41, 5.74) is 4.45. The Hall–Kier alpha value is -1.86. The van der Waals surface area contributed by atoms with Gasteiger partial charge in [-0.1, -0.05) is 0 Å². The summed E-state index contributed by atoms with van der Waals surface area (Å²) in [6, 6.07) is 2.63. The van der Waals surface area contributed by atoms with Crippen molar-refractivity contribution in [3.05, 3.63) is 29.6 Å². The number of carbonyl (C=O) groups is 1. The Morgan fingerprint density at radius 3 is 2.50 bits per heavy atom. The third-order valence-electron chi connectivity index (χ3n) is 1.95. The third-order valence-corrected chi connectivity index (χ3v) is 1.95. The summed E-state index contributed by atoms with van der Waals surface area (Å²) in [6.45, 7) is -1.76. The molecule has 0 radical (unpaired) electrons. The number of hydrogen-bond donors (Lipinski definition) is 1. The van der Waals surface area contributed by atoms with Gasteiger partial charge in [0, 0.05) is 0 Å². The minimum absolute atomic E-state index is 0.307. The van der Waals surface area contributed by atoms with Crippen molar-refractivity contribution in [3.8, 4) is 0 Å². The zero-order valence-electron chi connectivity index (χ0n) is 8.80. The summed E-state index contributed by atoms with van der Waals surface area (Å²) < 4.78 is 65.2. The van der Waals surface area contributed by atoms with Crippen molar-refractivity contribution in [2.75, 3.05) is 12.3 Å². The first-order valence-electron chi connectivity index (χ1n) is 4.62. The van der Waals surface area contributed by atoms with Gasteiger partial charge in [-0.05, 0) is 18.2 Å². The predicted octanol–water partition coefficient (Wildman–Crippen LogP) is 2.47. The smallest absolute Gasteiger partial charge is 0.340 e. The lowest BCUT2D eigenvalue weighted by molar-refractivity contribution is -0.155. The van der Waals surface area contributed by atoms with E-state index in [1.807, 2.05) is 0 Å². The van der Waals surface area contributed by atoms with Crippen LogP contribution in [-0.4, -0.2) is 24.9 Å². The molecule has 8 heteroatoms. The van der Waals surface area contributed by atoms with Gasteiger partial charge in [-0.15, -0.1) is 0 Å². The number of anilines is 1. The standard InChI is InChI=1S/C10H8F5NO2/c11-6-2-1-5(3-7(6)16)8(17)18-4-10(14,15)9(12)13/h1-3,9H,4,16H2. The lowest BCUT2D eigenvalue weighted by atomic mass is 10.2. The number of carbonyl (C=O) groups excluding carboxylic acids is 1. The molecule has 0 aromatic heterocycles. The lowest BCUT2D eigenvalue weighted by Crippen LogP contribution is -2.33. The molecule has 0 aliphatic carbocycles. The zero-order valence-corrected chi connectivity index (χ0v) is 8.80. The van der Waals surface area contributed by atoms with Crippen molar-refractivity contribution in [2.45, 2.75) is 12.3 Å². The number of esters is 1. The molecule has 1 aromatic rings. The van der Waals surface area contributed by atoms with Gasteiger partial charge < -0.3 is 10.5 Å². The van der Waals surface area contributed by atoms with Gasteiger partial charge in [0.25, 0.3) is 0 Å². The highest BCUT2D eigenvalue weighted by molar-refractivity contribution is 5.90. The lowest BCUT2D eigenvalue weighted by Gasteiger charge is -2.15. The van der Waals surface area contributed by atoms with Gasteiger partial charge in [0.05, 0.1) is 11.3 Å². The molecule has 0 spiro atoms. The van der Waals surface area contributed by atoms with E-state index >= 15 is 0 Å². The van der Waals surface area contributed by atoms with Crippen LogP contribution in [0.4, 0.5) is 27.6 Å². The average Bonchev–Trinajstić information content (AvgIpc) is 2.29. The number of alkyl halides is 4. The fourth-order valence-electron chi connectivity index (χ4n) is 0.979. The van der Waals surface area contributed by atoms with Gasteiger partial charge in [-0.25, -0.2) is 18.0 Å². The number of rotatable bonds is 4. The molecule has 3 nitrogen and oxygen atoms in total. The van der Waals surface area contributed by atoms with Gasteiger partial charge in [0.1, 0.15) is 5.82 Å². The van der Waals surface area contributed by atoms with Crippen LogP contribution < -0.4 is 5.73 Å². The highest BCUT2D eigenvalue weighted by atomic mass is 19.3. The van der Waals surface area contributed by atoms with E-state index in [2.05, 4.69) is 4.74 Å². The van der Waals surface area contributed by atoms with Crippen LogP contribution >= 0.6 is 0 Å². The maximum atomic E-state index is 12.7. The van der Waals surface area contributed by atoms with Gasteiger partial charge in [0.15, 0.2) is 6.61 Å². The summed E-state index contributed by atoms with van der Waals surface area (Å²) in [6.07, 6.45) is -3.94. The fourth-order valence-corrected chi connectivity index (χ4v) is 0.979. The van der Waals surface area contributed by atoms with Gasteiger partial charge >= 0.3 is 18.3 Å². The van der Waals surface area contributed by atoms with Crippen molar-refractivity contribution in [3.63, 3.8) is 0 Å². The molecular weight excluding hydrogens is 261 g/mol. The Bertz CT molecular complexity index is 450. The Balaban J connectivity index is 2.69. The second-order valence-electron chi connectivity index (χ2n) is 3.37. The fraction of sp³-hybridized carbons (Fsp3) is 0.300. The molecule has 0 bridgehead atoms. The number of benzene rings is 1. The first-order chi connectivity index (χ1) is 8.24. The van der Waals surface area contributed by atoms with Crippen LogP contribution in [0.5, 0.6) is 0 Å². The van der Waals surface area contributed by atoms with Gasteiger partial charge in [-0.3, -0.25) is 0 Å². The van der Waals surface area contributed by atoms with E-state index in [0.717, 1.165) is 18.2 Å². The Kier molecular flexibility index (Phi) is 4.10. The third kappa shape index (κ3) is 3.31. The van der Waals surface area contributed by atoms with Crippen molar-refractivity contribution < 1.29 is 31.5 Å². The number of nitrogens with two attached hydrogens (primary N) is 1. The SMILES string of the molecule is Nc1cc(C(=O)OCC(F)(F)C(F)F)ccc1F. The maximum Gasteiger partial charge on any atom is 0.340 e. The Labute approximate surface area is 98.3 Å². The first kappa shape index (κ1) is 14.2. The van der Waals surface area contributed by atoms with E-state index in [9.17, 15) is 26.7 Å². The maximum absolute atomic E-state index is 12.7. The Morgan fingerprint density at radius 1 is 1.39 bits per heavy atom. The van der Waals surface area contributed by atoms with Crippen LogP contribution in [0.25, 0.3) is 0 Å². The predicted molar refractivity (Wildman–Crippen MR) is 52.0 cm³/mol. The molecule has 0 aliphatic rings. The molecule has 1 aromatic carbocycles. The molecule has 0 fully saturated rings. The number of hydrogen-bond acceptors (Lipinski definition) is 3. The summed E-state index contributed by atoms with van der Waals surface area (Å²) in [5, 5.41) is 0. The second kappa shape index (κ2) is 5.19. The summed E-state index contributed by atoms with van der Waals surface area (Å²) >= 11 is 0. The molecule has 0 saturated carbocycles. The van der Waals surface area contributed by atoms with E-state index in [4.69, 9.17) is 5.73 Å². The van der Waals surface area contributed by atoms with Gasteiger partial charge in [-0.2, -0.15) is 8.78 Å². The molecule has 1 rings (SSSR count). The Morgan fingerprint density at radius 2 is 2.00 bits per heavy atom. The molecule has 100 valence electrons. The van der Waals surface area contributed by atoms with E-state index in [1.165, 1.54) is 0 Å². The van der Waals surface area contributed by atoms with Crippen molar-refractivity contribution in [1.82, 2.24) is 0 Å².